The summed E-state index contributed by atoms with van der Waals surface area (Å²) in [6.45, 7) is 10.6. The van der Waals surface area contributed by atoms with E-state index in [1.807, 2.05) is 77.1 Å². The molecule has 0 N–H and O–H groups in total. The van der Waals surface area contributed by atoms with E-state index in [-0.39, 0.29) is 11.5 Å². The molecule has 1 aliphatic heterocycles. The molecule has 1 atom stereocenters. The molecule has 5 rings (SSSR count). The van der Waals surface area contributed by atoms with Crippen LogP contribution in [0.15, 0.2) is 78.2 Å². The van der Waals surface area contributed by atoms with Crippen LogP contribution in [-0.2, 0) is 4.79 Å². The standard InChI is InChI=1S/C30H31N5O4S2/c1-7-34(8-2)28(37)25-19(5)33-30-35(26(25)21-11-9-10-12-22(21)38-6)27(36)23(40-30)16-20-13-14-24(39-20)41-29-31-17(3)15-18(4)32-29/h9-16,26H,7-8H2,1-6H3/b23-16-/t26-/m1/s1. The largest absolute Gasteiger partial charge is 0.496 e. The smallest absolute Gasteiger partial charge is 0.271 e. The molecule has 1 amide bonds. The van der Waals surface area contributed by atoms with Gasteiger partial charge in [0.15, 0.2) is 15.1 Å². The zero-order valence-corrected chi connectivity index (χ0v) is 25.4. The lowest BCUT2D eigenvalue weighted by Crippen LogP contribution is -2.43. The zero-order valence-electron chi connectivity index (χ0n) is 23.8. The third-order valence-corrected chi connectivity index (χ3v) is 8.53. The number of thiazole rings is 1. The Bertz CT molecular complexity index is 1810. The van der Waals surface area contributed by atoms with E-state index in [0.717, 1.165) is 17.0 Å². The third-order valence-electron chi connectivity index (χ3n) is 6.77. The lowest BCUT2D eigenvalue weighted by molar-refractivity contribution is -0.127. The van der Waals surface area contributed by atoms with Crippen LogP contribution in [0.25, 0.3) is 6.08 Å². The summed E-state index contributed by atoms with van der Waals surface area (Å²) in [5, 5.41) is 1.21. The molecule has 0 aliphatic carbocycles. The first-order chi connectivity index (χ1) is 19.7. The normalized spacial score (nSPS) is 15.1. The number of rotatable bonds is 8. The maximum atomic E-state index is 14.0. The Labute approximate surface area is 245 Å². The second kappa shape index (κ2) is 11.9. The van der Waals surface area contributed by atoms with Crippen LogP contribution < -0.4 is 19.6 Å². The van der Waals surface area contributed by atoms with Crippen molar-refractivity contribution in [3.63, 3.8) is 0 Å². The molecule has 0 unspecified atom stereocenters. The Balaban J connectivity index is 1.61. The predicted molar refractivity (Wildman–Crippen MR) is 159 cm³/mol. The maximum absolute atomic E-state index is 14.0. The SMILES string of the molecule is CCN(CC)C(=O)C1=C(C)N=c2s/c(=C\c3ccc(Sc4nc(C)cc(C)n4)o3)c(=O)n2[C@@H]1c1ccccc1OC. The number of hydrogen-bond donors (Lipinski definition) is 0. The number of hydrogen-bond acceptors (Lipinski definition) is 9. The van der Waals surface area contributed by atoms with Gasteiger partial charge in [-0.15, -0.1) is 0 Å². The molecule has 1 aromatic carbocycles. The van der Waals surface area contributed by atoms with E-state index in [2.05, 4.69) is 9.97 Å². The highest BCUT2D eigenvalue weighted by Gasteiger charge is 2.35. The molecule has 3 aromatic heterocycles. The van der Waals surface area contributed by atoms with Gasteiger partial charge in [0.05, 0.1) is 22.9 Å². The molecule has 4 heterocycles. The number of allylic oxidation sites excluding steroid dienone is 1. The maximum Gasteiger partial charge on any atom is 0.271 e. The average molecular weight is 590 g/mol. The van der Waals surface area contributed by atoms with Crippen molar-refractivity contribution in [2.45, 2.75) is 50.9 Å². The molecule has 0 saturated heterocycles. The van der Waals surface area contributed by atoms with Crippen molar-refractivity contribution in [1.29, 1.82) is 0 Å². The van der Waals surface area contributed by atoms with Crippen LogP contribution in [0, 0.1) is 13.8 Å². The minimum Gasteiger partial charge on any atom is -0.496 e. The number of likely N-dealkylation sites (N-methyl/N-ethyl adjacent to an activating group) is 1. The number of carbonyl (C=O) groups is 1. The van der Waals surface area contributed by atoms with E-state index in [1.54, 1.807) is 22.7 Å². The topological polar surface area (TPSA) is 103 Å². The summed E-state index contributed by atoms with van der Waals surface area (Å²) >= 11 is 2.58. The van der Waals surface area contributed by atoms with Crippen LogP contribution in [0.5, 0.6) is 5.75 Å². The summed E-state index contributed by atoms with van der Waals surface area (Å²) < 4.78 is 13.7. The molecule has 0 spiro atoms. The molecule has 41 heavy (non-hydrogen) atoms. The molecule has 0 saturated carbocycles. The van der Waals surface area contributed by atoms with Gasteiger partial charge < -0.3 is 14.1 Å². The van der Waals surface area contributed by atoms with E-state index >= 15 is 0 Å². The Kier molecular flexibility index (Phi) is 8.27. The number of nitrogens with zero attached hydrogens (tertiary/aromatic N) is 5. The van der Waals surface area contributed by atoms with E-state index < -0.39 is 6.04 Å². The minimum atomic E-state index is -0.693. The monoisotopic (exact) mass is 589 g/mol. The zero-order chi connectivity index (χ0) is 29.3. The molecule has 0 fully saturated rings. The first kappa shape index (κ1) is 28.6. The number of carbonyl (C=O) groups excluding carboxylic acids is 1. The van der Waals surface area contributed by atoms with Crippen molar-refractivity contribution in [1.82, 2.24) is 19.4 Å². The van der Waals surface area contributed by atoms with Crippen molar-refractivity contribution in [3.8, 4) is 5.75 Å². The Morgan fingerprint density at radius 3 is 2.51 bits per heavy atom. The lowest BCUT2D eigenvalue weighted by atomic mass is 9.94. The van der Waals surface area contributed by atoms with E-state index in [4.69, 9.17) is 14.1 Å². The van der Waals surface area contributed by atoms with Crippen molar-refractivity contribution in [2.24, 2.45) is 4.99 Å². The van der Waals surface area contributed by atoms with Gasteiger partial charge in [0.1, 0.15) is 17.6 Å². The van der Waals surface area contributed by atoms with Crippen molar-refractivity contribution >= 4 is 35.1 Å². The van der Waals surface area contributed by atoms with Crippen LogP contribution in [0.1, 0.15) is 49.5 Å². The first-order valence-electron chi connectivity index (χ1n) is 13.3. The average Bonchev–Trinajstić information content (AvgIpc) is 3.50. The van der Waals surface area contributed by atoms with Crippen LogP contribution in [0.3, 0.4) is 0 Å². The molecule has 0 bridgehead atoms. The molecule has 212 valence electrons. The summed E-state index contributed by atoms with van der Waals surface area (Å²) in [7, 11) is 1.58. The summed E-state index contributed by atoms with van der Waals surface area (Å²) in [6.07, 6.45) is 1.71. The quantitative estimate of drug-likeness (QED) is 0.283. The molecule has 4 aromatic rings. The van der Waals surface area contributed by atoms with Crippen LogP contribution in [-0.4, -0.2) is 45.5 Å². The Morgan fingerprint density at radius 2 is 1.83 bits per heavy atom. The van der Waals surface area contributed by atoms with Crippen LogP contribution in [0.4, 0.5) is 0 Å². The number of ether oxygens (including phenoxy) is 1. The Hall–Kier alpha value is -3.96. The highest BCUT2D eigenvalue weighted by atomic mass is 32.2. The van der Waals surface area contributed by atoms with Crippen LogP contribution in [0.2, 0.25) is 0 Å². The number of aryl methyl sites for hydroxylation is 2. The van der Waals surface area contributed by atoms with Crippen molar-refractivity contribution < 1.29 is 13.9 Å². The third kappa shape index (κ3) is 5.64. The number of fused-ring (bicyclic) bond motifs is 1. The second-order valence-electron chi connectivity index (χ2n) is 9.49. The number of amides is 1. The molecule has 1 aliphatic rings. The lowest BCUT2D eigenvalue weighted by Gasteiger charge is -2.29. The van der Waals surface area contributed by atoms with E-state index in [1.165, 1.54) is 23.1 Å². The number of benzene rings is 1. The van der Waals surface area contributed by atoms with E-state index in [9.17, 15) is 9.59 Å². The van der Waals surface area contributed by atoms with Gasteiger partial charge in [-0.25, -0.2) is 15.0 Å². The van der Waals surface area contributed by atoms with Gasteiger partial charge >= 0.3 is 0 Å². The molecule has 9 nitrogen and oxygen atoms in total. The van der Waals surface area contributed by atoms with Gasteiger partial charge in [0, 0.05) is 36.1 Å². The summed E-state index contributed by atoms with van der Waals surface area (Å²) in [6, 6.07) is 12.3. The highest BCUT2D eigenvalue weighted by Crippen LogP contribution is 2.36. The van der Waals surface area contributed by atoms with Gasteiger partial charge in [-0.3, -0.25) is 14.2 Å². The number of para-hydroxylation sites is 1. The van der Waals surface area contributed by atoms with Crippen molar-refractivity contribution in [3.05, 3.63) is 96.1 Å². The molecule has 0 radical (unpaired) electrons. The predicted octanol–water partition coefficient (Wildman–Crippen LogP) is 4.26. The second-order valence-corrected chi connectivity index (χ2v) is 11.5. The van der Waals surface area contributed by atoms with Gasteiger partial charge in [-0.1, -0.05) is 29.5 Å². The minimum absolute atomic E-state index is 0.150. The van der Waals surface area contributed by atoms with Gasteiger partial charge in [-0.2, -0.15) is 0 Å². The van der Waals surface area contributed by atoms with E-state index in [0.29, 0.717) is 55.5 Å². The molecule has 11 heteroatoms. The summed E-state index contributed by atoms with van der Waals surface area (Å²) in [5.41, 5.74) is 3.26. The van der Waals surface area contributed by atoms with Crippen molar-refractivity contribution in [2.75, 3.05) is 20.2 Å². The fourth-order valence-electron chi connectivity index (χ4n) is 4.89. The van der Waals surface area contributed by atoms with Crippen LogP contribution >= 0.6 is 23.1 Å². The van der Waals surface area contributed by atoms with Gasteiger partial charge in [0.25, 0.3) is 11.5 Å². The van der Waals surface area contributed by atoms with Gasteiger partial charge in [0.2, 0.25) is 0 Å². The number of aromatic nitrogens is 3. The number of furan rings is 1. The first-order valence-corrected chi connectivity index (χ1v) is 14.9. The fourth-order valence-corrected chi connectivity index (χ4v) is 6.75. The summed E-state index contributed by atoms with van der Waals surface area (Å²) in [4.78, 5) is 43.7. The fraction of sp³-hybridized carbons (Fsp3) is 0.300. The molecular weight excluding hydrogens is 558 g/mol. The summed E-state index contributed by atoms with van der Waals surface area (Å²) in [5.74, 6) is 0.960. The van der Waals surface area contributed by atoms with Gasteiger partial charge in [-0.05, 0) is 70.6 Å². The highest BCUT2D eigenvalue weighted by molar-refractivity contribution is 7.99. The molecular formula is C30H31N5O4S2. The Morgan fingerprint density at radius 1 is 1.12 bits per heavy atom. The number of methoxy groups -OCH3 is 1.